The topological polar surface area (TPSA) is 51.3 Å². The van der Waals surface area contributed by atoms with Crippen LogP contribution in [0.25, 0.3) is 22.0 Å². The Morgan fingerprint density at radius 2 is 1.88 bits per heavy atom. The minimum atomic E-state index is -0.676. The molecule has 5 heteroatoms. The van der Waals surface area contributed by atoms with Crippen molar-refractivity contribution in [2.24, 2.45) is 0 Å². The first-order valence-corrected chi connectivity index (χ1v) is 7.77. The lowest BCUT2D eigenvalue weighted by atomic mass is 10.0. The third-order valence-corrected chi connectivity index (χ3v) is 3.79. The molecule has 1 heterocycles. The molecule has 0 aliphatic carbocycles. The number of fused-ring (bicyclic) bond motifs is 1. The maximum Gasteiger partial charge on any atom is 0.203 e. The average Bonchev–Trinajstić information content (AvgIpc) is 2.60. The number of aromatic amines is 1. The van der Waals surface area contributed by atoms with E-state index in [1.165, 1.54) is 0 Å². The Morgan fingerprint density at radius 1 is 1.12 bits per heavy atom. The summed E-state index contributed by atoms with van der Waals surface area (Å²) in [6.45, 7) is 2.49. The number of H-pyrrole nitrogens is 1. The standard InChI is InChI=1S/C19H18FNO3/c1-3-11-24-15-6-4-5-14-17(15)21-19(20)16(18(14)22)12-7-9-13(23-2)10-8-12/h4-10H,3,11H2,1-2H3,(H,21,22). The van der Waals surface area contributed by atoms with E-state index in [-0.39, 0.29) is 11.0 Å². The van der Waals surface area contributed by atoms with Gasteiger partial charge in [-0.25, -0.2) is 0 Å². The third-order valence-electron chi connectivity index (χ3n) is 3.79. The first-order valence-electron chi connectivity index (χ1n) is 7.77. The first kappa shape index (κ1) is 16.1. The quantitative estimate of drug-likeness (QED) is 0.717. The lowest BCUT2D eigenvalue weighted by molar-refractivity contribution is 0.320. The van der Waals surface area contributed by atoms with Crippen LogP contribution in [0.4, 0.5) is 4.39 Å². The Morgan fingerprint density at radius 3 is 2.54 bits per heavy atom. The molecule has 0 atom stereocenters. The van der Waals surface area contributed by atoms with Crippen LogP contribution in [0.3, 0.4) is 0 Å². The molecule has 0 aliphatic rings. The second-order valence-electron chi connectivity index (χ2n) is 5.40. The van der Waals surface area contributed by atoms with Gasteiger partial charge in [0.2, 0.25) is 5.95 Å². The van der Waals surface area contributed by atoms with Gasteiger partial charge in [-0.05, 0) is 36.2 Å². The van der Waals surface area contributed by atoms with E-state index in [1.54, 1.807) is 49.6 Å². The highest BCUT2D eigenvalue weighted by molar-refractivity contribution is 5.88. The number of hydrogen-bond donors (Lipinski definition) is 1. The van der Waals surface area contributed by atoms with Gasteiger partial charge in [0.05, 0.1) is 30.2 Å². The molecule has 0 radical (unpaired) electrons. The van der Waals surface area contributed by atoms with Crippen LogP contribution in [-0.2, 0) is 0 Å². The molecular weight excluding hydrogens is 309 g/mol. The van der Waals surface area contributed by atoms with Gasteiger partial charge in [-0.1, -0.05) is 25.1 Å². The SMILES string of the molecule is CCCOc1cccc2c(=O)c(-c3ccc(OC)cc3)c(F)[nH]c12. The molecule has 4 nitrogen and oxygen atoms in total. The number of rotatable bonds is 5. The van der Waals surface area contributed by atoms with Crippen LogP contribution in [-0.4, -0.2) is 18.7 Å². The molecule has 3 rings (SSSR count). The fourth-order valence-electron chi connectivity index (χ4n) is 2.60. The van der Waals surface area contributed by atoms with E-state index >= 15 is 0 Å². The summed E-state index contributed by atoms with van der Waals surface area (Å²) in [4.78, 5) is 15.5. The molecule has 0 aliphatic heterocycles. The summed E-state index contributed by atoms with van der Waals surface area (Å²) in [7, 11) is 1.55. The molecule has 0 unspecified atom stereocenters. The number of para-hydroxylation sites is 1. The molecule has 0 saturated heterocycles. The van der Waals surface area contributed by atoms with Gasteiger partial charge in [-0.15, -0.1) is 0 Å². The van der Waals surface area contributed by atoms with Crippen molar-refractivity contribution in [3.05, 3.63) is 58.6 Å². The molecule has 3 aromatic rings. The van der Waals surface area contributed by atoms with Crippen molar-refractivity contribution in [3.8, 4) is 22.6 Å². The first-order chi connectivity index (χ1) is 11.7. The van der Waals surface area contributed by atoms with E-state index in [0.717, 1.165) is 6.42 Å². The van der Waals surface area contributed by atoms with Crippen molar-refractivity contribution in [1.29, 1.82) is 0 Å². The van der Waals surface area contributed by atoms with Gasteiger partial charge >= 0.3 is 0 Å². The second kappa shape index (κ2) is 6.74. The molecule has 1 aromatic heterocycles. The Labute approximate surface area is 138 Å². The fraction of sp³-hybridized carbons (Fsp3) is 0.211. The van der Waals surface area contributed by atoms with Crippen molar-refractivity contribution < 1.29 is 13.9 Å². The monoisotopic (exact) mass is 327 g/mol. The van der Waals surface area contributed by atoms with E-state index in [0.29, 0.717) is 34.6 Å². The van der Waals surface area contributed by atoms with E-state index in [2.05, 4.69) is 4.98 Å². The van der Waals surface area contributed by atoms with Crippen LogP contribution < -0.4 is 14.9 Å². The summed E-state index contributed by atoms with van der Waals surface area (Å²) >= 11 is 0. The molecule has 0 bridgehead atoms. The smallest absolute Gasteiger partial charge is 0.203 e. The summed E-state index contributed by atoms with van der Waals surface area (Å²) in [6, 6.07) is 11.8. The van der Waals surface area contributed by atoms with Crippen molar-refractivity contribution in [2.45, 2.75) is 13.3 Å². The summed E-state index contributed by atoms with van der Waals surface area (Å²) in [5.41, 5.74) is 0.521. The van der Waals surface area contributed by atoms with Gasteiger partial charge in [0, 0.05) is 0 Å². The molecule has 1 N–H and O–H groups in total. The zero-order valence-electron chi connectivity index (χ0n) is 13.6. The predicted molar refractivity (Wildman–Crippen MR) is 92.3 cm³/mol. The zero-order chi connectivity index (χ0) is 17.1. The van der Waals surface area contributed by atoms with Crippen molar-refractivity contribution >= 4 is 10.9 Å². The largest absolute Gasteiger partial charge is 0.497 e. The van der Waals surface area contributed by atoms with Gasteiger partial charge in [0.25, 0.3) is 0 Å². The molecule has 0 fully saturated rings. The van der Waals surface area contributed by atoms with Crippen LogP contribution >= 0.6 is 0 Å². The van der Waals surface area contributed by atoms with Crippen molar-refractivity contribution in [2.75, 3.05) is 13.7 Å². The van der Waals surface area contributed by atoms with Gasteiger partial charge in [0.1, 0.15) is 11.5 Å². The Hall–Kier alpha value is -2.82. The minimum absolute atomic E-state index is 0.0118. The molecule has 24 heavy (non-hydrogen) atoms. The van der Waals surface area contributed by atoms with E-state index in [9.17, 15) is 9.18 Å². The highest BCUT2D eigenvalue weighted by Gasteiger charge is 2.16. The van der Waals surface area contributed by atoms with Crippen LogP contribution in [0.15, 0.2) is 47.3 Å². The summed E-state index contributed by atoms with van der Waals surface area (Å²) < 4.78 is 25.3. The maximum atomic E-state index is 14.6. The summed E-state index contributed by atoms with van der Waals surface area (Å²) in [6.07, 6.45) is 0.826. The molecular formula is C19H18FNO3. The number of aromatic nitrogens is 1. The molecule has 124 valence electrons. The van der Waals surface area contributed by atoms with Gasteiger partial charge in [-0.3, -0.25) is 4.79 Å². The number of halogens is 1. The van der Waals surface area contributed by atoms with Crippen LogP contribution in [0.2, 0.25) is 0 Å². The molecule has 0 spiro atoms. The summed E-state index contributed by atoms with van der Waals surface area (Å²) in [5.74, 6) is 0.448. The Bertz CT molecular complexity index is 916. The van der Waals surface area contributed by atoms with E-state index in [4.69, 9.17) is 9.47 Å². The van der Waals surface area contributed by atoms with Crippen LogP contribution in [0, 0.1) is 5.95 Å². The third kappa shape index (κ3) is 2.85. The van der Waals surface area contributed by atoms with E-state index in [1.807, 2.05) is 6.92 Å². The average molecular weight is 327 g/mol. The number of ether oxygens (including phenoxy) is 2. The number of methoxy groups -OCH3 is 1. The second-order valence-corrected chi connectivity index (χ2v) is 5.40. The van der Waals surface area contributed by atoms with Gasteiger partial charge < -0.3 is 14.5 Å². The number of pyridine rings is 1. The van der Waals surface area contributed by atoms with Crippen molar-refractivity contribution in [3.63, 3.8) is 0 Å². The zero-order valence-corrected chi connectivity index (χ0v) is 13.6. The predicted octanol–water partition coefficient (Wildman–Crippen LogP) is 4.13. The normalized spacial score (nSPS) is 10.8. The van der Waals surface area contributed by atoms with Gasteiger partial charge in [0.15, 0.2) is 5.43 Å². The van der Waals surface area contributed by atoms with E-state index < -0.39 is 5.95 Å². The Kier molecular flexibility index (Phi) is 4.51. The lowest BCUT2D eigenvalue weighted by Gasteiger charge is -2.11. The highest BCUT2D eigenvalue weighted by Crippen LogP contribution is 2.27. The molecule has 0 amide bonds. The van der Waals surface area contributed by atoms with Gasteiger partial charge in [-0.2, -0.15) is 4.39 Å². The minimum Gasteiger partial charge on any atom is -0.497 e. The fourth-order valence-corrected chi connectivity index (χ4v) is 2.60. The maximum absolute atomic E-state index is 14.6. The Balaban J connectivity index is 2.18. The lowest BCUT2D eigenvalue weighted by Crippen LogP contribution is -2.11. The van der Waals surface area contributed by atoms with Crippen LogP contribution in [0.5, 0.6) is 11.5 Å². The van der Waals surface area contributed by atoms with Crippen LogP contribution in [0.1, 0.15) is 13.3 Å². The number of benzene rings is 2. The highest BCUT2D eigenvalue weighted by atomic mass is 19.1. The summed E-state index contributed by atoms with van der Waals surface area (Å²) in [5, 5.41) is 0.399. The van der Waals surface area contributed by atoms with Crippen molar-refractivity contribution in [1.82, 2.24) is 4.98 Å². The molecule has 0 saturated carbocycles. The molecule has 2 aromatic carbocycles. The number of hydrogen-bond acceptors (Lipinski definition) is 3. The number of nitrogens with one attached hydrogen (secondary N) is 1.